The first-order chi connectivity index (χ1) is 7.58. The lowest BCUT2D eigenvalue weighted by Crippen LogP contribution is -2.10. The molecule has 0 fully saturated rings. The number of pyridine rings is 1. The van der Waals surface area contributed by atoms with Crippen LogP contribution in [0.1, 0.15) is 5.56 Å². The first-order valence-electron chi connectivity index (χ1n) is 4.93. The van der Waals surface area contributed by atoms with Gasteiger partial charge in [0.05, 0.1) is 18.1 Å². The number of aromatic amines is 1. The summed E-state index contributed by atoms with van der Waals surface area (Å²) >= 11 is 0. The van der Waals surface area contributed by atoms with Crippen LogP contribution < -0.4 is 4.90 Å². The largest absolute Gasteiger partial charge is 0.481 e. The van der Waals surface area contributed by atoms with Gasteiger partial charge in [-0.25, -0.2) is 4.98 Å². The Hall–Kier alpha value is -2.04. The van der Waals surface area contributed by atoms with Crippen LogP contribution >= 0.6 is 0 Å². The Bertz CT molecular complexity index is 531. The number of carboxylic acid groups (broad SMARTS) is 1. The normalized spacial score (nSPS) is 10.6. The Morgan fingerprint density at radius 2 is 2.31 bits per heavy atom. The second-order valence-corrected chi connectivity index (χ2v) is 3.87. The summed E-state index contributed by atoms with van der Waals surface area (Å²) in [6, 6.07) is 1.89. The summed E-state index contributed by atoms with van der Waals surface area (Å²) in [6.07, 6.45) is 3.47. The third-order valence-corrected chi connectivity index (χ3v) is 2.44. The number of hydrogen-bond donors (Lipinski definition) is 2. The van der Waals surface area contributed by atoms with E-state index in [2.05, 4.69) is 9.97 Å². The molecule has 2 aromatic heterocycles. The third-order valence-electron chi connectivity index (χ3n) is 2.44. The fourth-order valence-electron chi connectivity index (χ4n) is 1.62. The predicted octanol–water partition coefficient (Wildman–Crippen LogP) is 1.26. The summed E-state index contributed by atoms with van der Waals surface area (Å²) < 4.78 is 0. The molecule has 2 rings (SSSR count). The molecule has 2 heterocycles. The summed E-state index contributed by atoms with van der Waals surface area (Å²) in [5.74, 6) is -0.0112. The number of nitrogens with zero attached hydrogens (tertiary/aromatic N) is 2. The second kappa shape index (κ2) is 3.84. The van der Waals surface area contributed by atoms with Crippen LogP contribution in [0.3, 0.4) is 0 Å². The van der Waals surface area contributed by atoms with E-state index in [-0.39, 0.29) is 6.42 Å². The van der Waals surface area contributed by atoms with E-state index < -0.39 is 5.97 Å². The maximum Gasteiger partial charge on any atom is 0.307 e. The molecule has 84 valence electrons. The minimum absolute atomic E-state index is 0.0247. The molecule has 0 radical (unpaired) electrons. The Kier molecular flexibility index (Phi) is 2.52. The highest BCUT2D eigenvalue weighted by molar-refractivity contribution is 5.88. The first-order valence-corrected chi connectivity index (χ1v) is 4.93. The molecule has 0 amide bonds. The van der Waals surface area contributed by atoms with Crippen molar-refractivity contribution < 1.29 is 9.90 Å². The standard InChI is InChI=1S/C11H13N3O2/c1-14(2)10-4-8-7(3-11(15)16)5-12-9(8)6-13-10/h4-6,12H,3H2,1-2H3,(H,15,16). The molecule has 0 saturated heterocycles. The van der Waals surface area contributed by atoms with E-state index in [9.17, 15) is 4.79 Å². The molecule has 0 unspecified atom stereocenters. The van der Waals surface area contributed by atoms with Crippen LogP contribution in [0.15, 0.2) is 18.5 Å². The van der Waals surface area contributed by atoms with E-state index in [0.717, 1.165) is 22.3 Å². The quantitative estimate of drug-likeness (QED) is 0.815. The van der Waals surface area contributed by atoms with Gasteiger partial charge in [0.15, 0.2) is 0 Å². The molecule has 2 aromatic rings. The van der Waals surface area contributed by atoms with E-state index in [0.29, 0.717) is 0 Å². The lowest BCUT2D eigenvalue weighted by Gasteiger charge is -2.10. The summed E-state index contributed by atoms with van der Waals surface area (Å²) in [5.41, 5.74) is 1.65. The lowest BCUT2D eigenvalue weighted by atomic mass is 10.1. The van der Waals surface area contributed by atoms with Crippen molar-refractivity contribution in [2.75, 3.05) is 19.0 Å². The van der Waals surface area contributed by atoms with Gasteiger partial charge in [-0.15, -0.1) is 0 Å². The van der Waals surface area contributed by atoms with Gasteiger partial charge in [0.25, 0.3) is 0 Å². The smallest absolute Gasteiger partial charge is 0.307 e. The molecule has 0 aliphatic carbocycles. The molecule has 0 spiro atoms. The van der Waals surface area contributed by atoms with Gasteiger partial charge < -0.3 is 15.0 Å². The molecule has 0 aromatic carbocycles. The van der Waals surface area contributed by atoms with E-state index >= 15 is 0 Å². The molecule has 5 heteroatoms. The highest BCUT2D eigenvalue weighted by Crippen LogP contribution is 2.21. The number of anilines is 1. The monoisotopic (exact) mass is 219 g/mol. The van der Waals surface area contributed by atoms with Gasteiger partial charge in [-0.3, -0.25) is 4.79 Å². The Morgan fingerprint density at radius 3 is 2.94 bits per heavy atom. The summed E-state index contributed by atoms with van der Waals surface area (Å²) in [7, 11) is 3.80. The predicted molar refractivity (Wildman–Crippen MR) is 61.8 cm³/mol. The SMILES string of the molecule is CN(C)c1cc2c(CC(=O)O)c[nH]c2cn1. The number of carbonyl (C=O) groups is 1. The van der Waals surface area contributed by atoms with Crippen molar-refractivity contribution in [2.24, 2.45) is 0 Å². The van der Waals surface area contributed by atoms with E-state index in [1.165, 1.54) is 0 Å². The molecular formula is C11H13N3O2. The molecule has 16 heavy (non-hydrogen) atoms. The van der Waals surface area contributed by atoms with Gasteiger partial charge in [-0.2, -0.15) is 0 Å². The zero-order valence-corrected chi connectivity index (χ0v) is 9.19. The molecule has 0 aliphatic heterocycles. The van der Waals surface area contributed by atoms with Crippen LogP contribution in [0.2, 0.25) is 0 Å². The molecular weight excluding hydrogens is 206 g/mol. The van der Waals surface area contributed by atoms with Gasteiger partial charge in [0, 0.05) is 25.7 Å². The number of H-pyrrole nitrogens is 1. The van der Waals surface area contributed by atoms with Crippen molar-refractivity contribution in [3.05, 3.63) is 24.0 Å². The number of carboxylic acids is 1. The summed E-state index contributed by atoms with van der Waals surface area (Å²) in [6.45, 7) is 0. The van der Waals surface area contributed by atoms with Crippen molar-refractivity contribution in [3.8, 4) is 0 Å². The second-order valence-electron chi connectivity index (χ2n) is 3.87. The number of rotatable bonds is 3. The number of aromatic nitrogens is 2. The van der Waals surface area contributed by atoms with E-state index in [1.54, 1.807) is 12.4 Å². The van der Waals surface area contributed by atoms with Crippen LogP contribution in [0, 0.1) is 0 Å². The highest BCUT2D eigenvalue weighted by atomic mass is 16.4. The molecule has 0 atom stereocenters. The maximum absolute atomic E-state index is 10.7. The number of hydrogen-bond acceptors (Lipinski definition) is 3. The Morgan fingerprint density at radius 1 is 1.56 bits per heavy atom. The Labute approximate surface area is 92.7 Å². The zero-order valence-electron chi connectivity index (χ0n) is 9.19. The minimum atomic E-state index is -0.830. The van der Waals surface area contributed by atoms with Gasteiger partial charge in [-0.1, -0.05) is 0 Å². The van der Waals surface area contributed by atoms with Gasteiger partial charge in [0.1, 0.15) is 5.82 Å². The van der Waals surface area contributed by atoms with Crippen LogP contribution in [-0.4, -0.2) is 35.1 Å². The number of fused-ring (bicyclic) bond motifs is 1. The molecule has 0 aliphatic rings. The number of aliphatic carboxylic acids is 1. The van der Waals surface area contributed by atoms with Crippen LogP contribution in [-0.2, 0) is 11.2 Å². The van der Waals surface area contributed by atoms with Crippen LogP contribution in [0.25, 0.3) is 10.9 Å². The number of nitrogens with one attached hydrogen (secondary N) is 1. The third kappa shape index (κ3) is 1.84. The van der Waals surface area contributed by atoms with E-state index in [4.69, 9.17) is 5.11 Å². The lowest BCUT2D eigenvalue weighted by molar-refractivity contribution is -0.136. The molecule has 2 N–H and O–H groups in total. The van der Waals surface area contributed by atoms with E-state index in [1.807, 2.05) is 25.1 Å². The Balaban J connectivity index is 2.51. The molecule has 5 nitrogen and oxygen atoms in total. The zero-order chi connectivity index (χ0) is 11.7. The average Bonchev–Trinajstić information content (AvgIpc) is 2.60. The van der Waals surface area contributed by atoms with Crippen LogP contribution in [0.4, 0.5) is 5.82 Å². The maximum atomic E-state index is 10.7. The molecule has 0 saturated carbocycles. The van der Waals surface area contributed by atoms with Gasteiger partial charge in [-0.05, 0) is 11.6 Å². The topological polar surface area (TPSA) is 69.2 Å². The summed E-state index contributed by atoms with van der Waals surface area (Å²) in [4.78, 5) is 19.8. The van der Waals surface area contributed by atoms with Crippen molar-refractivity contribution in [2.45, 2.75) is 6.42 Å². The van der Waals surface area contributed by atoms with Crippen molar-refractivity contribution >= 4 is 22.7 Å². The van der Waals surface area contributed by atoms with Crippen LogP contribution in [0.5, 0.6) is 0 Å². The van der Waals surface area contributed by atoms with Gasteiger partial charge in [0.2, 0.25) is 0 Å². The van der Waals surface area contributed by atoms with Crippen molar-refractivity contribution in [1.82, 2.24) is 9.97 Å². The molecule has 0 bridgehead atoms. The first kappa shape index (κ1) is 10.5. The minimum Gasteiger partial charge on any atom is -0.481 e. The van der Waals surface area contributed by atoms with Gasteiger partial charge >= 0.3 is 5.97 Å². The van der Waals surface area contributed by atoms with Crippen molar-refractivity contribution in [3.63, 3.8) is 0 Å². The highest BCUT2D eigenvalue weighted by Gasteiger charge is 2.09. The average molecular weight is 219 g/mol. The summed E-state index contributed by atoms with van der Waals surface area (Å²) in [5, 5.41) is 9.70. The fourth-order valence-corrected chi connectivity index (χ4v) is 1.62. The fraction of sp³-hybridized carbons (Fsp3) is 0.273. The van der Waals surface area contributed by atoms with Crippen molar-refractivity contribution in [1.29, 1.82) is 0 Å².